The fraction of sp³-hybridized carbons (Fsp3) is 0.200. The number of aryl methyl sites for hydroxylation is 2. The van der Waals surface area contributed by atoms with E-state index in [4.69, 9.17) is 0 Å². The molecule has 0 saturated heterocycles. The van der Waals surface area contributed by atoms with Gasteiger partial charge in [0.15, 0.2) is 5.82 Å². The summed E-state index contributed by atoms with van der Waals surface area (Å²) in [7, 11) is 0. The number of aromatic nitrogens is 6. The lowest BCUT2D eigenvalue weighted by Crippen LogP contribution is -2.33. The molecule has 1 N–H and O–H groups in total. The molecule has 0 aliphatic heterocycles. The van der Waals surface area contributed by atoms with E-state index < -0.39 is 11.9 Å². The lowest BCUT2D eigenvalue weighted by molar-refractivity contribution is -0.119. The molecule has 9 nitrogen and oxygen atoms in total. The molecule has 0 aliphatic rings. The fourth-order valence-electron chi connectivity index (χ4n) is 2.99. The molecule has 152 valence electrons. The average molecular weight is 421 g/mol. The summed E-state index contributed by atoms with van der Waals surface area (Å²) in [6.45, 7) is 5.43. The first-order valence-corrected chi connectivity index (χ1v) is 10.1. The van der Waals surface area contributed by atoms with E-state index >= 15 is 0 Å². The third-order valence-corrected chi connectivity index (χ3v) is 5.37. The van der Waals surface area contributed by atoms with Gasteiger partial charge in [0, 0.05) is 17.8 Å². The summed E-state index contributed by atoms with van der Waals surface area (Å²) >= 11 is 1.51. The molecule has 0 fully saturated rings. The highest BCUT2D eigenvalue weighted by Gasteiger charge is 2.19. The van der Waals surface area contributed by atoms with Gasteiger partial charge in [-0.15, -0.1) is 11.3 Å². The van der Waals surface area contributed by atoms with E-state index in [0.717, 1.165) is 16.3 Å². The molecule has 0 saturated carbocycles. The summed E-state index contributed by atoms with van der Waals surface area (Å²) in [6, 6.07) is 9.61. The summed E-state index contributed by atoms with van der Waals surface area (Å²) in [6.07, 6.45) is 1.36. The Labute approximate surface area is 176 Å². The molecule has 0 aromatic carbocycles. The maximum atomic E-state index is 12.8. The molecule has 0 aliphatic carbocycles. The predicted molar refractivity (Wildman–Crippen MR) is 114 cm³/mol. The van der Waals surface area contributed by atoms with Crippen molar-refractivity contribution >= 4 is 23.1 Å². The minimum atomic E-state index is -0.829. The van der Waals surface area contributed by atoms with Crippen molar-refractivity contribution < 1.29 is 4.79 Å². The fourth-order valence-corrected chi connectivity index (χ4v) is 3.68. The molecule has 0 radical (unpaired) electrons. The Morgan fingerprint density at radius 2 is 1.97 bits per heavy atom. The molecule has 4 heterocycles. The largest absolute Gasteiger partial charge is 0.309 e. The first-order chi connectivity index (χ1) is 14.4. The summed E-state index contributed by atoms with van der Waals surface area (Å²) in [5.41, 5.74) is 2.06. The third-order valence-electron chi connectivity index (χ3n) is 4.48. The van der Waals surface area contributed by atoms with Crippen LogP contribution in [0.3, 0.4) is 0 Å². The van der Waals surface area contributed by atoms with E-state index in [9.17, 15) is 9.59 Å². The second-order valence-electron chi connectivity index (χ2n) is 6.74. The number of nitrogens with zero attached hydrogens (tertiary/aromatic N) is 6. The molecule has 4 aromatic rings. The van der Waals surface area contributed by atoms with Crippen LogP contribution < -0.4 is 10.9 Å². The van der Waals surface area contributed by atoms with Crippen molar-refractivity contribution in [3.63, 3.8) is 0 Å². The van der Waals surface area contributed by atoms with Crippen LogP contribution in [0.1, 0.15) is 24.4 Å². The van der Waals surface area contributed by atoms with Crippen molar-refractivity contribution in [2.75, 3.05) is 5.32 Å². The Morgan fingerprint density at radius 3 is 2.67 bits per heavy atom. The smallest absolute Gasteiger partial charge is 0.267 e. The summed E-state index contributed by atoms with van der Waals surface area (Å²) < 4.78 is 2.85. The number of anilines is 1. The molecule has 0 spiro atoms. The van der Waals surface area contributed by atoms with Gasteiger partial charge in [-0.2, -0.15) is 10.2 Å². The van der Waals surface area contributed by atoms with Gasteiger partial charge in [-0.05, 0) is 44.4 Å². The molecule has 10 heteroatoms. The summed E-state index contributed by atoms with van der Waals surface area (Å²) in [5.74, 6) is 0.436. The highest BCUT2D eigenvalue weighted by molar-refractivity contribution is 7.13. The summed E-state index contributed by atoms with van der Waals surface area (Å²) in [5, 5.41) is 13.4. The number of hydrogen-bond acceptors (Lipinski definition) is 7. The second-order valence-corrected chi connectivity index (χ2v) is 7.69. The minimum Gasteiger partial charge on any atom is -0.309 e. The average Bonchev–Trinajstić information content (AvgIpc) is 3.37. The quantitative estimate of drug-likeness (QED) is 0.531. The number of carbonyl (C=O) groups excluding carboxylic acids is 1. The first kappa shape index (κ1) is 19.6. The van der Waals surface area contributed by atoms with Gasteiger partial charge in [0.05, 0.1) is 10.6 Å². The van der Waals surface area contributed by atoms with Gasteiger partial charge in [-0.1, -0.05) is 6.07 Å². The van der Waals surface area contributed by atoms with Crippen molar-refractivity contribution in [2.24, 2.45) is 0 Å². The van der Waals surface area contributed by atoms with Crippen LogP contribution in [0.25, 0.3) is 16.4 Å². The van der Waals surface area contributed by atoms with Crippen molar-refractivity contribution in [1.29, 1.82) is 0 Å². The predicted octanol–water partition coefficient (Wildman–Crippen LogP) is 2.76. The molecule has 1 atom stereocenters. The van der Waals surface area contributed by atoms with E-state index in [0.29, 0.717) is 17.3 Å². The van der Waals surface area contributed by atoms with Crippen LogP contribution in [-0.2, 0) is 4.79 Å². The number of carbonyl (C=O) groups is 1. The van der Waals surface area contributed by atoms with Gasteiger partial charge >= 0.3 is 0 Å². The maximum Gasteiger partial charge on any atom is 0.267 e. The van der Waals surface area contributed by atoms with E-state index in [-0.39, 0.29) is 5.56 Å². The molecule has 4 aromatic heterocycles. The third kappa shape index (κ3) is 3.90. The second kappa shape index (κ2) is 7.99. The minimum absolute atomic E-state index is 0.312. The number of thiophene rings is 1. The van der Waals surface area contributed by atoms with Crippen LogP contribution in [0.4, 0.5) is 5.82 Å². The molecule has 1 unspecified atom stereocenters. The van der Waals surface area contributed by atoms with Crippen molar-refractivity contribution in [3.05, 3.63) is 69.8 Å². The van der Waals surface area contributed by atoms with Crippen LogP contribution in [0.2, 0.25) is 0 Å². The van der Waals surface area contributed by atoms with E-state index in [2.05, 4.69) is 25.5 Å². The Kier molecular flexibility index (Phi) is 5.23. The Morgan fingerprint density at radius 1 is 1.13 bits per heavy atom. The Hall–Kier alpha value is -3.66. The van der Waals surface area contributed by atoms with Gasteiger partial charge in [-0.3, -0.25) is 9.59 Å². The maximum absolute atomic E-state index is 12.8. The molecule has 0 bridgehead atoms. The highest BCUT2D eigenvalue weighted by Crippen LogP contribution is 2.22. The molecule has 1 amide bonds. The lowest BCUT2D eigenvalue weighted by atomic mass is 10.3. The van der Waals surface area contributed by atoms with E-state index in [1.165, 1.54) is 28.4 Å². The standard InChI is InChI=1S/C20H19N7O2S/c1-12-9-13(2)26(24-12)18-10-17(21-11-22-18)23-20(29)14(3)27-19(28)7-6-15(25-27)16-5-4-8-30-16/h4-11,14H,1-3H3,(H,21,22,23,29). The van der Waals surface area contributed by atoms with Crippen molar-refractivity contribution in [3.8, 4) is 16.4 Å². The first-order valence-electron chi connectivity index (χ1n) is 9.22. The van der Waals surface area contributed by atoms with Gasteiger partial charge in [0.25, 0.3) is 5.56 Å². The SMILES string of the molecule is Cc1cc(C)n(-c2cc(NC(=O)C(C)n3nc(-c4cccs4)ccc3=O)ncn2)n1. The van der Waals surface area contributed by atoms with Gasteiger partial charge in [-0.25, -0.2) is 19.3 Å². The zero-order chi connectivity index (χ0) is 21.3. The van der Waals surface area contributed by atoms with Crippen LogP contribution in [-0.4, -0.2) is 35.4 Å². The highest BCUT2D eigenvalue weighted by atomic mass is 32.1. The molecule has 30 heavy (non-hydrogen) atoms. The topological polar surface area (TPSA) is 108 Å². The normalized spacial score (nSPS) is 12.0. The molecular formula is C20H19N7O2S. The lowest BCUT2D eigenvalue weighted by Gasteiger charge is -2.14. The van der Waals surface area contributed by atoms with Crippen LogP contribution in [0.5, 0.6) is 0 Å². The van der Waals surface area contributed by atoms with Crippen molar-refractivity contribution in [2.45, 2.75) is 26.8 Å². The van der Waals surface area contributed by atoms with Crippen LogP contribution in [0.15, 0.2) is 52.9 Å². The monoisotopic (exact) mass is 421 g/mol. The Bertz CT molecular complexity index is 1260. The molecular weight excluding hydrogens is 402 g/mol. The van der Waals surface area contributed by atoms with E-state index in [1.807, 2.05) is 37.4 Å². The number of amides is 1. The van der Waals surface area contributed by atoms with Crippen molar-refractivity contribution in [1.82, 2.24) is 29.5 Å². The summed E-state index contributed by atoms with van der Waals surface area (Å²) in [4.78, 5) is 34.3. The number of nitrogens with one attached hydrogen (secondary N) is 1. The zero-order valence-corrected chi connectivity index (χ0v) is 17.4. The zero-order valence-electron chi connectivity index (χ0n) is 16.6. The number of rotatable bonds is 5. The molecule has 4 rings (SSSR count). The Balaban J connectivity index is 1.57. The van der Waals surface area contributed by atoms with Crippen LogP contribution >= 0.6 is 11.3 Å². The van der Waals surface area contributed by atoms with Gasteiger partial charge in [0.2, 0.25) is 5.91 Å². The van der Waals surface area contributed by atoms with Crippen LogP contribution in [0, 0.1) is 13.8 Å². The van der Waals surface area contributed by atoms with Gasteiger partial charge < -0.3 is 5.32 Å². The van der Waals surface area contributed by atoms with Gasteiger partial charge in [0.1, 0.15) is 23.9 Å². The number of hydrogen-bond donors (Lipinski definition) is 1. The van der Waals surface area contributed by atoms with E-state index in [1.54, 1.807) is 23.7 Å².